The zero-order valence-corrected chi connectivity index (χ0v) is 25.2. The number of benzene rings is 2. The van der Waals surface area contributed by atoms with Crippen LogP contribution in [-0.2, 0) is 4.74 Å². The van der Waals surface area contributed by atoms with Crippen LogP contribution in [0.15, 0.2) is 76.4 Å². The molecule has 1 atom stereocenters. The summed E-state index contributed by atoms with van der Waals surface area (Å²) in [6, 6.07) is 19.0. The highest BCUT2D eigenvalue weighted by Gasteiger charge is 2.35. The Balaban J connectivity index is 1.13. The lowest BCUT2D eigenvalue weighted by molar-refractivity contribution is 0.0347. The number of hydrazine groups is 2. The number of ether oxygens (including phenoxy) is 1. The highest BCUT2D eigenvalue weighted by atomic mass is 16.6. The highest BCUT2D eigenvalue weighted by Crippen LogP contribution is 2.35. The van der Waals surface area contributed by atoms with E-state index in [0.29, 0.717) is 52.9 Å². The van der Waals surface area contributed by atoms with E-state index < -0.39 is 11.7 Å². The fraction of sp³-hybridized carbons (Fsp3) is 0.344. The van der Waals surface area contributed by atoms with E-state index in [1.807, 2.05) is 35.1 Å². The summed E-state index contributed by atoms with van der Waals surface area (Å²) in [5.41, 5.74) is 9.60. The molecule has 2 aliphatic rings. The summed E-state index contributed by atoms with van der Waals surface area (Å²) in [7, 11) is 0. The van der Waals surface area contributed by atoms with E-state index in [9.17, 15) is 9.59 Å². The minimum absolute atomic E-state index is 0.0510. The molecule has 2 aromatic heterocycles. The molecule has 0 aliphatic carbocycles. The minimum Gasteiger partial charge on any atom is -0.444 e. The van der Waals surface area contributed by atoms with Crippen molar-refractivity contribution in [2.24, 2.45) is 11.0 Å². The third kappa shape index (κ3) is 6.50. The molecule has 12 nitrogen and oxygen atoms in total. The summed E-state index contributed by atoms with van der Waals surface area (Å²) < 4.78 is 11.3. The number of pyridine rings is 1. The Labute approximate surface area is 255 Å². The Morgan fingerprint density at radius 2 is 1.84 bits per heavy atom. The number of nitrogens with zero attached hydrogens (tertiary/aromatic N) is 5. The molecule has 2 amide bonds. The van der Waals surface area contributed by atoms with Gasteiger partial charge in [0, 0.05) is 30.5 Å². The summed E-state index contributed by atoms with van der Waals surface area (Å²) in [5.74, 6) is 1.34. The first-order valence-corrected chi connectivity index (χ1v) is 14.7. The van der Waals surface area contributed by atoms with Gasteiger partial charge in [-0.25, -0.2) is 15.3 Å². The number of carbonyl (C=O) groups excluding carboxylic acids is 2. The molecule has 3 N–H and O–H groups in total. The second-order valence-corrected chi connectivity index (χ2v) is 12.0. The molecule has 12 heteroatoms. The first-order chi connectivity index (χ1) is 21.1. The number of carbonyl (C=O) groups is 2. The molecule has 1 unspecified atom stereocenters. The number of hydrogen-bond donors (Lipinski definition) is 3. The summed E-state index contributed by atoms with van der Waals surface area (Å²) in [6.45, 7) is 8.56. The fourth-order valence-electron chi connectivity index (χ4n) is 5.58. The molecule has 0 radical (unpaired) electrons. The zero-order valence-electron chi connectivity index (χ0n) is 25.2. The number of anilines is 1. The van der Waals surface area contributed by atoms with Gasteiger partial charge in [-0.05, 0) is 82.3 Å². The molecular formula is C32H36N8O4. The van der Waals surface area contributed by atoms with Crippen molar-refractivity contribution in [3.63, 3.8) is 0 Å². The van der Waals surface area contributed by atoms with E-state index in [-0.39, 0.29) is 11.9 Å². The van der Waals surface area contributed by atoms with Crippen molar-refractivity contribution in [2.75, 3.05) is 18.4 Å². The van der Waals surface area contributed by atoms with Gasteiger partial charge in [0.15, 0.2) is 5.58 Å². The quantitative estimate of drug-likeness (QED) is 0.264. The molecule has 6 rings (SSSR count). The van der Waals surface area contributed by atoms with Crippen LogP contribution in [0.25, 0.3) is 22.6 Å². The monoisotopic (exact) mass is 596 g/mol. The summed E-state index contributed by atoms with van der Waals surface area (Å²) in [6.07, 6.45) is 2.70. The smallest absolute Gasteiger partial charge is 0.412 e. The molecule has 0 spiro atoms. The van der Waals surface area contributed by atoms with Crippen LogP contribution in [0.2, 0.25) is 0 Å². The van der Waals surface area contributed by atoms with Crippen LogP contribution in [0.3, 0.4) is 0 Å². The van der Waals surface area contributed by atoms with Gasteiger partial charge >= 0.3 is 6.09 Å². The van der Waals surface area contributed by atoms with Crippen molar-refractivity contribution in [1.29, 1.82) is 0 Å². The van der Waals surface area contributed by atoms with Crippen LogP contribution in [0.5, 0.6) is 0 Å². The summed E-state index contributed by atoms with van der Waals surface area (Å²) in [5, 5.41) is 8.96. The number of nitrogens with one attached hydrogen (secondary N) is 3. The number of rotatable bonds is 6. The first kappa shape index (κ1) is 29.1. The van der Waals surface area contributed by atoms with Gasteiger partial charge in [0.1, 0.15) is 22.6 Å². The fourth-order valence-corrected chi connectivity index (χ4v) is 5.58. The highest BCUT2D eigenvalue weighted by molar-refractivity contribution is 5.93. The van der Waals surface area contributed by atoms with Crippen LogP contribution in [0, 0.1) is 5.92 Å². The summed E-state index contributed by atoms with van der Waals surface area (Å²) >= 11 is 0. The van der Waals surface area contributed by atoms with E-state index in [4.69, 9.17) is 9.15 Å². The van der Waals surface area contributed by atoms with Crippen LogP contribution in [-0.4, -0.2) is 56.5 Å². The van der Waals surface area contributed by atoms with E-state index in [2.05, 4.69) is 43.5 Å². The number of hydrazone groups is 1. The number of aromatic nitrogens is 2. The second-order valence-electron chi connectivity index (χ2n) is 12.0. The maximum atomic E-state index is 13.6. The lowest BCUT2D eigenvalue weighted by Gasteiger charge is -2.39. The topological polar surface area (TPSA) is 137 Å². The number of piperidine rings is 1. The molecule has 2 aromatic carbocycles. The Morgan fingerprint density at radius 1 is 1.07 bits per heavy atom. The molecule has 4 aromatic rings. The number of hydrogen-bond acceptors (Lipinski definition) is 10. The van der Waals surface area contributed by atoms with Gasteiger partial charge in [0.2, 0.25) is 5.89 Å². The van der Waals surface area contributed by atoms with Crippen LogP contribution >= 0.6 is 0 Å². The van der Waals surface area contributed by atoms with Crippen molar-refractivity contribution in [2.45, 2.75) is 52.2 Å². The SMILES string of the molecule is CC1=NNN(C(c2ccccc2)C2CCN(C(=O)c3cc(-c4nc5cc(NC(=O)OC(C)(C)C)ccc5o4)ccn3)CC2)N1. The van der Waals surface area contributed by atoms with Gasteiger partial charge < -0.3 is 14.1 Å². The Morgan fingerprint density at radius 3 is 2.55 bits per heavy atom. The predicted octanol–water partition coefficient (Wildman–Crippen LogP) is 5.49. The van der Waals surface area contributed by atoms with E-state index in [0.717, 1.165) is 18.7 Å². The number of amides is 2. The van der Waals surface area contributed by atoms with E-state index in [1.54, 1.807) is 57.3 Å². The lowest BCUT2D eigenvalue weighted by Crippen LogP contribution is -2.49. The minimum atomic E-state index is -0.608. The van der Waals surface area contributed by atoms with E-state index in [1.165, 1.54) is 5.56 Å². The van der Waals surface area contributed by atoms with Crippen molar-refractivity contribution in [1.82, 2.24) is 30.9 Å². The number of fused-ring (bicyclic) bond motifs is 1. The molecule has 44 heavy (non-hydrogen) atoms. The third-order valence-electron chi connectivity index (χ3n) is 7.56. The average molecular weight is 597 g/mol. The lowest BCUT2D eigenvalue weighted by atomic mass is 9.85. The van der Waals surface area contributed by atoms with Crippen LogP contribution in [0.4, 0.5) is 10.5 Å². The Bertz CT molecular complexity index is 1690. The second kappa shape index (κ2) is 12.0. The molecule has 0 bridgehead atoms. The van der Waals surface area contributed by atoms with E-state index >= 15 is 0 Å². The molecule has 0 saturated carbocycles. The van der Waals surface area contributed by atoms with Gasteiger partial charge in [0.05, 0.1) is 6.04 Å². The Hall–Kier alpha value is -4.97. The number of likely N-dealkylation sites (tertiary alicyclic amines) is 1. The van der Waals surface area contributed by atoms with Gasteiger partial charge in [-0.2, -0.15) is 0 Å². The van der Waals surface area contributed by atoms with Crippen LogP contribution < -0.4 is 16.3 Å². The molecule has 4 heterocycles. The average Bonchev–Trinajstić information content (AvgIpc) is 3.63. The van der Waals surface area contributed by atoms with Crippen molar-refractivity contribution < 1.29 is 18.7 Å². The molecule has 1 saturated heterocycles. The predicted molar refractivity (Wildman–Crippen MR) is 166 cm³/mol. The van der Waals surface area contributed by atoms with Gasteiger partial charge in [-0.1, -0.05) is 30.3 Å². The van der Waals surface area contributed by atoms with Gasteiger partial charge in [0.25, 0.3) is 5.91 Å². The Kier molecular flexibility index (Phi) is 7.92. The molecular weight excluding hydrogens is 560 g/mol. The van der Waals surface area contributed by atoms with Crippen molar-refractivity contribution in [3.8, 4) is 11.5 Å². The zero-order chi connectivity index (χ0) is 30.8. The number of oxazole rings is 1. The molecule has 1 fully saturated rings. The standard InChI is InChI=1S/C32H36N8O4/c1-20-36-38-40(37-20)28(21-8-6-5-7-9-21)22-13-16-39(17-14-22)30(41)26-18-23(12-15-33-26)29-35-25-19-24(10-11-27(25)43-29)34-31(42)44-32(2,3)4/h5-12,15,18-19,22,28,38H,13-14,16-17H2,1-4H3,(H,34,42)(H,36,37). The molecule has 2 aliphatic heterocycles. The maximum absolute atomic E-state index is 13.6. The third-order valence-corrected chi connectivity index (χ3v) is 7.56. The normalized spacial score (nSPS) is 16.6. The largest absolute Gasteiger partial charge is 0.444 e. The van der Waals surface area contributed by atoms with Gasteiger partial charge in [-0.3, -0.25) is 20.5 Å². The molecule has 228 valence electrons. The maximum Gasteiger partial charge on any atom is 0.412 e. The van der Waals surface area contributed by atoms with Crippen LogP contribution in [0.1, 0.15) is 62.6 Å². The van der Waals surface area contributed by atoms with Crippen molar-refractivity contribution in [3.05, 3.63) is 78.1 Å². The van der Waals surface area contributed by atoms with Gasteiger partial charge in [-0.15, -0.1) is 10.2 Å². The first-order valence-electron chi connectivity index (χ1n) is 14.7. The summed E-state index contributed by atoms with van der Waals surface area (Å²) in [4.78, 5) is 36.6. The van der Waals surface area contributed by atoms with Crippen molar-refractivity contribution >= 4 is 34.6 Å². The number of amidine groups is 1.